The Morgan fingerprint density at radius 2 is 2.23 bits per heavy atom. The Kier molecular flexibility index (Phi) is 4.84. The number of tetrazole rings is 1. The Balaban J connectivity index is 1.49. The second kappa shape index (κ2) is 7.26. The summed E-state index contributed by atoms with van der Waals surface area (Å²) in [6.45, 7) is -0.177. The molecule has 1 unspecified atom stereocenters. The molecule has 4 rings (SSSR count). The van der Waals surface area contributed by atoms with Crippen molar-refractivity contribution in [3.05, 3.63) is 56.8 Å². The van der Waals surface area contributed by atoms with Crippen LogP contribution in [0, 0.1) is 0 Å². The van der Waals surface area contributed by atoms with Gasteiger partial charge in [-0.15, -0.1) is 23.1 Å². The number of nitrogens with zero attached hydrogens (tertiary/aromatic N) is 4. The summed E-state index contributed by atoms with van der Waals surface area (Å²) in [5, 5.41) is 13.8. The number of rotatable bonds is 4. The summed E-state index contributed by atoms with van der Waals surface area (Å²) in [5.41, 5.74) is 0.571. The number of benzene rings is 1. The topological polar surface area (TPSA) is 81.8 Å². The van der Waals surface area contributed by atoms with E-state index in [1.807, 2.05) is 29.6 Å². The minimum Gasteiger partial charge on any atom is -0.348 e. The highest BCUT2D eigenvalue weighted by Gasteiger charge is 2.23. The molecule has 26 heavy (non-hydrogen) atoms. The van der Waals surface area contributed by atoms with E-state index in [-0.39, 0.29) is 18.5 Å². The number of carbonyl (C=O) groups is 1. The molecule has 1 aliphatic rings. The molecule has 1 aliphatic heterocycles. The lowest BCUT2D eigenvalue weighted by Crippen LogP contribution is -2.36. The second-order valence-corrected chi connectivity index (χ2v) is 8.22. The molecule has 3 aromatic rings. The molecule has 134 valence electrons. The van der Waals surface area contributed by atoms with Crippen LogP contribution in [0.5, 0.6) is 0 Å². The van der Waals surface area contributed by atoms with E-state index in [9.17, 15) is 9.59 Å². The van der Waals surface area contributed by atoms with E-state index < -0.39 is 5.69 Å². The first-order valence-corrected chi connectivity index (χ1v) is 10.1. The smallest absolute Gasteiger partial charge is 0.348 e. The number of carbonyl (C=O) groups excluding carboxylic acids is 1. The first-order chi connectivity index (χ1) is 12.6. The van der Waals surface area contributed by atoms with Crippen LogP contribution in [0.15, 0.2) is 45.4 Å². The third-order valence-corrected chi connectivity index (χ3v) is 6.20. The molecule has 1 atom stereocenters. The van der Waals surface area contributed by atoms with Gasteiger partial charge in [-0.25, -0.2) is 4.79 Å². The van der Waals surface area contributed by atoms with Crippen LogP contribution in [0.1, 0.15) is 18.0 Å². The monoisotopic (exact) mass is 407 g/mol. The molecule has 0 bridgehead atoms. The molecule has 1 N–H and O–H groups in total. The quantitative estimate of drug-likeness (QED) is 0.718. The summed E-state index contributed by atoms with van der Waals surface area (Å²) in [5.74, 6) is 0.627. The van der Waals surface area contributed by atoms with Crippen molar-refractivity contribution in [2.75, 3.05) is 5.75 Å². The largest absolute Gasteiger partial charge is 0.369 e. The molecule has 7 nitrogen and oxygen atoms in total. The van der Waals surface area contributed by atoms with Crippen molar-refractivity contribution in [2.45, 2.75) is 23.9 Å². The lowest BCUT2D eigenvalue weighted by molar-refractivity contribution is -0.122. The first-order valence-electron chi connectivity index (χ1n) is 7.90. The summed E-state index contributed by atoms with van der Waals surface area (Å²) in [7, 11) is 0. The van der Waals surface area contributed by atoms with Crippen LogP contribution in [0.2, 0.25) is 5.02 Å². The maximum absolute atomic E-state index is 12.4. The van der Waals surface area contributed by atoms with Gasteiger partial charge in [0.2, 0.25) is 5.91 Å². The average Bonchev–Trinajstić information content (AvgIpc) is 3.26. The van der Waals surface area contributed by atoms with E-state index in [0.717, 1.165) is 27.3 Å². The van der Waals surface area contributed by atoms with Gasteiger partial charge in [-0.2, -0.15) is 9.36 Å². The van der Waals surface area contributed by atoms with Crippen LogP contribution >= 0.6 is 34.7 Å². The molecule has 2 aromatic heterocycles. The second-order valence-electron chi connectivity index (χ2n) is 5.72. The number of fused-ring (bicyclic) bond motifs is 1. The molecule has 1 aromatic carbocycles. The van der Waals surface area contributed by atoms with Crippen molar-refractivity contribution < 1.29 is 4.79 Å². The Morgan fingerprint density at radius 3 is 3.04 bits per heavy atom. The van der Waals surface area contributed by atoms with Crippen molar-refractivity contribution in [2.24, 2.45) is 0 Å². The van der Waals surface area contributed by atoms with Gasteiger partial charge in [0.1, 0.15) is 11.5 Å². The molecular formula is C16H14ClN5O2S2. The van der Waals surface area contributed by atoms with Gasteiger partial charge in [0, 0.05) is 15.7 Å². The highest BCUT2D eigenvalue weighted by Crippen LogP contribution is 2.37. The fourth-order valence-electron chi connectivity index (χ4n) is 2.79. The van der Waals surface area contributed by atoms with Gasteiger partial charge in [-0.1, -0.05) is 11.6 Å². The fourth-order valence-corrected chi connectivity index (χ4v) is 4.75. The third-order valence-electron chi connectivity index (χ3n) is 3.99. The van der Waals surface area contributed by atoms with Crippen molar-refractivity contribution >= 4 is 40.6 Å². The Labute approximate surface area is 161 Å². The number of nitrogens with one attached hydrogen (secondary N) is 1. The predicted octanol–water partition coefficient (Wildman–Crippen LogP) is 2.50. The Morgan fingerprint density at radius 1 is 1.35 bits per heavy atom. The van der Waals surface area contributed by atoms with Crippen LogP contribution in [-0.2, 0) is 11.3 Å². The summed E-state index contributed by atoms with van der Waals surface area (Å²) in [6, 6.07) is 9.17. The normalized spacial score (nSPS) is 16.3. The van der Waals surface area contributed by atoms with Crippen molar-refractivity contribution in [1.29, 1.82) is 0 Å². The lowest BCUT2D eigenvalue weighted by Gasteiger charge is -2.26. The minimum atomic E-state index is -0.440. The molecule has 0 aliphatic carbocycles. The van der Waals surface area contributed by atoms with Gasteiger partial charge < -0.3 is 5.32 Å². The number of halogens is 1. The number of thiophene rings is 1. The Hall–Kier alpha value is -2.10. The van der Waals surface area contributed by atoms with Gasteiger partial charge in [-0.05, 0) is 58.1 Å². The van der Waals surface area contributed by atoms with Gasteiger partial charge >= 0.3 is 5.69 Å². The summed E-state index contributed by atoms with van der Waals surface area (Å²) >= 11 is 9.22. The summed E-state index contributed by atoms with van der Waals surface area (Å²) in [6.07, 6.45) is 0.806. The molecule has 3 heterocycles. The van der Waals surface area contributed by atoms with Crippen LogP contribution in [0.4, 0.5) is 0 Å². The van der Waals surface area contributed by atoms with E-state index in [1.54, 1.807) is 17.8 Å². The van der Waals surface area contributed by atoms with E-state index >= 15 is 0 Å². The van der Waals surface area contributed by atoms with Crippen LogP contribution < -0.4 is 11.0 Å². The molecule has 1 amide bonds. The van der Waals surface area contributed by atoms with Crippen molar-refractivity contribution in [3.63, 3.8) is 0 Å². The van der Waals surface area contributed by atoms with E-state index in [4.69, 9.17) is 11.6 Å². The molecule has 0 spiro atoms. The summed E-state index contributed by atoms with van der Waals surface area (Å²) in [4.78, 5) is 25.9. The van der Waals surface area contributed by atoms with E-state index in [0.29, 0.717) is 10.0 Å². The summed E-state index contributed by atoms with van der Waals surface area (Å²) < 4.78 is 2.25. The van der Waals surface area contributed by atoms with Gasteiger partial charge in [0.25, 0.3) is 0 Å². The zero-order valence-electron chi connectivity index (χ0n) is 13.5. The molecular weight excluding hydrogens is 394 g/mol. The number of thioether (sulfide) groups is 1. The SMILES string of the molecule is O=C(Cn1nnn(-c2cccs2)c1=O)NC1CCSc2ccc(Cl)cc21. The van der Waals surface area contributed by atoms with Crippen molar-refractivity contribution in [3.8, 4) is 5.00 Å². The zero-order valence-corrected chi connectivity index (χ0v) is 15.9. The lowest BCUT2D eigenvalue weighted by atomic mass is 10.0. The zero-order chi connectivity index (χ0) is 18.1. The predicted molar refractivity (Wildman–Crippen MR) is 101 cm³/mol. The third kappa shape index (κ3) is 3.42. The van der Waals surface area contributed by atoms with Gasteiger partial charge in [0.05, 0.1) is 6.04 Å². The first kappa shape index (κ1) is 17.3. The van der Waals surface area contributed by atoms with Crippen LogP contribution in [0.25, 0.3) is 5.00 Å². The maximum Gasteiger partial charge on any atom is 0.369 e. The standard InChI is InChI=1S/C16H14ClN5O2S2/c17-10-3-4-13-11(8-10)12(5-7-25-13)18-14(23)9-21-16(24)22(20-19-21)15-2-1-6-26-15/h1-4,6,8,12H,5,7,9H2,(H,18,23). The maximum atomic E-state index is 12.4. The molecule has 0 radical (unpaired) electrons. The average molecular weight is 408 g/mol. The van der Waals surface area contributed by atoms with Crippen molar-refractivity contribution in [1.82, 2.24) is 25.1 Å². The number of aromatic nitrogens is 4. The molecule has 0 saturated carbocycles. The Bertz CT molecular complexity index is 998. The number of amides is 1. The van der Waals surface area contributed by atoms with E-state index in [1.165, 1.54) is 16.0 Å². The minimum absolute atomic E-state index is 0.125. The number of hydrogen-bond donors (Lipinski definition) is 1. The van der Waals surface area contributed by atoms with Crippen LogP contribution in [-0.4, -0.2) is 31.5 Å². The molecule has 0 saturated heterocycles. The van der Waals surface area contributed by atoms with E-state index in [2.05, 4.69) is 15.7 Å². The van der Waals surface area contributed by atoms with Gasteiger partial charge in [-0.3, -0.25) is 4.79 Å². The fraction of sp³-hybridized carbons (Fsp3) is 0.250. The molecule has 10 heteroatoms. The number of hydrogen-bond acceptors (Lipinski definition) is 6. The van der Waals surface area contributed by atoms with Crippen LogP contribution in [0.3, 0.4) is 0 Å². The van der Waals surface area contributed by atoms with Gasteiger partial charge in [0.15, 0.2) is 0 Å². The highest BCUT2D eigenvalue weighted by molar-refractivity contribution is 7.99. The highest BCUT2D eigenvalue weighted by atomic mass is 35.5. The molecule has 0 fully saturated rings.